The number of aryl methyl sites for hydroxylation is 1. The summed E-state index contributed by atoms with van der Waals surface area (Å²) in [7, 11) is -3.45. The molecule has 10 heteroatoms. The lowest BCUT2D eigenvalue weighted by Gasteiger charge is -2.41. The molecule has 0 spiro atoms. The standard InChI is InChI=1S/C27H36N4O4S2/c1-21-13-15-23(16-14-21)37(34,35)31-20-8-19-30(22(31)2)18-7-17-28-36(32,33)27-12-6-9-24-25(27)10-5-11-26(24)29(3)4/h5-6,9-16,22,28H,7-8,17-20H2,1-4H3. The van der Waals surface area contributed by atoms with Crippen LogP contribution in [0.5, 0.6) is 0 Å². The van der Waals surface area contributed by atoms with Gasteiger partial charge in [-0.1, -0.05) is 42.0 Å². The zero-order chi connectivity index (χ0) is 26.8. The van der Waals surface area contributed by atoms with Gasteiger partial charge in [-0.2, -0.15) is 4.31 Å². The quantitative estimate of drug-likeness (QED) is 0.414. The maximum Gasteiger partial charge on any atom is 0.244 e. The van der Waals surface area contributed by atoms with Crippen LogP contribution in [0.4, 0.5) is 5.69 Å². The predicted octanol–water partition coefficient (Wildman–Crippen LogP) is 3.63. The van der Waals surface area contributed by atoms with E-state index in [2.05, 4.69) is 9.62 Å². The minimum Gasteiger partial charge on any atom is -0.377 e. The number of rotatable bonds is 9. The van der Waals surface area contributed by atoms with Gasteiger partial charge in [0, 0.05) is 56.7 Å². The average Bonchev–Trinajstić information content (AvgIpc) is 2.86. The van der Waals surface area contributed by atoms with Gasteiger partial charge in [0.15, 0.2) is 0 Å². The van der Waals surface area contributed by atoms with Crippen molar-refractivity contribution in [2.24, 2.45) is 0 Å². The molecular weight excluding hydrogens is 508 g/mol. The van der Waals surface area contributed by atoms with Crippen molar-refractivity contribution in [3.8, 4) is 0 Å². The van der Waals surface area contributed by atoms with E-state index in [4.69, 9.17) is 0 Å². The van der Waals surface area contributed by atoms with Gasteiger partial charge in [0.2, 0.25) is 20.0 Å². The van der Waals surface area contributed by atoms with Crippen molar-refractivity contribution >= 4 is 36.5 Å². The average molecular weight is 545 g/mol. The molecule has 1 unspecified atom stereocenters. The number of hydrogen-bond donors (Lipinski definition) is 1. The number of nitrogens with zero attached hydrogens (tertiary/aromatic N) is 3. The van der Waals surface area contributed by atoms with E-state index in [-0.39, 0.29) is 17.6 Å². The number of anilines is 1. The predicted molar refractivity (Wildman–Crippen MR) is 149 cm³/mol. The normalized spacial score (nSPS) is 17.8. The second-order valence-electron chi connectivity index (χ2n) is 9.72. The summed E-state index contributed by atoms with van der Waals surface area (Å²) in [6.07, 6.45) is 0.986. The molecule has 1 atom stereocenters. The van der Waals surface area contributed by atoms with Crippen molar-refractivity contribution < 1.29 is 16.8 Å². The minimum atomic E-state index is -3.71. The molecule has 0 amide bonds. The first-order valence-electron chi connectivity index (χ1n) is 12.5. The Morgan fingerprint density at radius 1 is 0.919 bits per heavy atom. The van der Waals surface area contributed by atoms with Crippen LogP contribution in [0.2, 0.25) is 0 Å². The van der Waals surface area contributed by atoms with Gasteiger partial charge >= 0.3 is 0 Å². The minimum absolute atomic E-state index is 0.260. The summed E-state index contributed by atoms with van der Waals surface area (Å²) in [6.45, 7) is 5.91. The van der Waals surface area contributed by atoms with E-state index in [1.807, 2.05) is 69.2 Å². The van der Waals surface area contributed by atoms with E-state index in [1.54, 1.807) is 28.6 Å². The molecule has 1 saturated heterocycles. The summed E-state index contributed by atoms with van der Waals surface area (Å²) < 4.78 is 57.2. The molecule has 3 aromatic carbocycles. The highest BCUT2D eigenvalue weighted by Crippen LogP contribution is 2.30. The van der Waals surface area contributed by atoms with E-state index in [0.717, 1.165) is 29.6 Å². The van der Waals surface area contributed by atoms with Crippen molar-refractivity contribution in [3.05, 3.63) is 66.2 Å². The summed E-state index contributed by atoms with van der Waals surface area (Å²) in [5.74, 6) is 0. The van der Waals surface area contributed by atoms with Crippen LogP contribution in [-0.4, -0.2) is 72.5 Å². The van der Waals surface area contributed by atoms with Gasteiger partial charge in [0.05, 0.1) is 16.0 Å². The third-order valence-corrected chi connectivity index (χ3v) is 10.4. The highest BCUT2D eigenvalue weighted by molar-refractivity contribution is 7.89. The number of fused-ring (bicyclic) bond motifs is 1. The van der Waals surface area contributed by atoms with E-state index in [0.29, 0.717) is 29.8 Å². The molecule has 3 aromatic rings. The van der Waals surface area contributed by atoms with Gasteiger partial charge < -0.3 is 4.90 Å². The van der Waals surface area contributed by atoms with E-state index < -0.39 is 20.0 Å². The topological polar surface area (TPSA) is 90.0 Å². The monoisotopic (exact) mass is 544 g/mol. The molecule has 1 N–H and O–H groups in total. The molecule has 37 heavy (non-hydrogen) atoms. The molecule has 1 fully saturated rings. The van der Waals surface area contributed by atoms with Crippen LogP contribution < -0.4 is 9.62 Å². The second kappa shape index (κ2) is 11.1. The summed E-state index contributed by atoms with van der Waals surface area (Å²) in [5, 5.41) is 1.57. The SMILES string of the molecule is Cc1ccc(S(=O)(=O)N2CCCN(CCCNS(=O)(=O)c3cccc4c(N(C)C)cccc34)C2C)cc1. The van der Waals surface area contributed by atoms with Gasteiger partial charge in [-0.25, -0.2) is 21.6 Å². The van der Waals surface area contributed by atoms with Crippen LogP contribution in [0.15, 0.2) is 70.5 Å². The third-order valence-electron chi connectivity index (χ3n) is 6.94. The lowest BCUT2D eigenvalue weighted by atomic mass is 10.1. The number of sulfonamides is 2. The van der Waals surface area contributed by atoms with Crippen LogP contribution in [-0.2, 0) is 20.0 Å². The molecule has 1 aliphatic rings. The van der Waals surface area contributed by atoms with Crippen LogP contribution in [0.25, 0.3) is 10.8 Å². The van der Waals surface area contributed by atoms with Crippen molar-refractivity contribution in [1.82, 2.24) is 13.9 Å². The zero-order valence-electron chi connectivity index (χ0n) is 21.9. The smallest absolute Gasteiger partial charge is 0.244 e. The first kappa shape index (κ1) is 27.5. The molecule has 8 nitrogen and oxygen atoms in total. The largest absolute Gasteiger partial charge is 0.377 e. The number of nitrogens with one attached hydrogen (secondary N) is 1. The Morgan fingerprint density at radius 2 is 1.59 bits per heavy atom. The van der Waals surface area contributed by atoms with E-state index in [9.17, 15) is 16.8 Å². The summed E-state index contributed by atoms with van der Waals surface area (Å²) in [4.78, 5) is 4.63. The summed E-state index contributed by atoms with van der Waals surface area (Å²) in [6, 6.07) is 17.9. The molecule has 0 radical (unpaired) electrons. The fourth-order valence-corrected chi connectivity index (χ4v) is 7.86. The van der Waals surface area contributed by atoms with E-state index in [1.165, 1.54) is 0 Å². The van der Waals surface area contributed by atoms with Crippen molar-refractivity contribution in [2.75, 3.05) is 45.2 Å². The van der Waals surface area contributed by atoms with Gasteiger partial charge in [-0.05, 0) is 51.0 Å². The Hall–Kier alpha value is -2.50. The Labute approximate surface area is 221 Å². The number of benzene rings is 3. The fraction of sp³-hybridized carbons (Fsp3) is 0.407. The maximum absolute atomic E-state index is 13.3. The van der Waals surface area contributed by atoms with Gasteiger partial charge in [-0.15, -0.1) is 0 Å². The highest BCUT2D eigenvalue weighted by atomic mass is 32.2. The Morgan fingerprint density at radius 3 is 2.30 bits per heavy atom. The molecule has 1 aliphatic heterocycles. The number of hydrogen-bond acceptors (Lipinski definition) is 6. The lowest BCUT2D eigenvalue weighted by molar-refractivity contribution is 0.0728. The summed E-state index contributed by atoms with van der Waals surface area (Å²) >= 11 is 0. The molecule has 0 saturated carbocycles. The molecule has 1 heterocycles. The molecule has 0 aromatic heterocycles. The van der Waals surface area contributed by atoms with Gasteiger partial charge in [0.1, 0.15) is 0 Å². The summed E-state index contributed by atoms with van der Waals surface area (Å²) in [5.41, 5.74) is 1.97. The van der Waals surface area contributed by atoms with Crippen molar-refractivity contribution in [3.63, 3.8) is 0 Å². The first-order chi connectivity index (χ1) is 17.5. The van der Waals surface area contributed by atoms with Crippen LogP contribution in [0.3, 0.4) is 0 Å². The van der Waals surface area contributed by atoms with Gasteiger partial charge in [-0.3, -0.25) is 4.90 Å². The van der Waals surface area contributed by atoms with Crippen LogP contribution in [0.1, 0.15) is 25.3 Å². The fourth-order valence-electron chi connectivity index (χ4n) is 4.91. The third kappa shape index (κ3) is 5.83. The molecule has 0 bridgehead atoms. The van der Waals surface area contributed by atoms with Crippen molar-refractivity contribution in [1.29, 1.82) is 0 Å². The first-order valence-corrected chi connectivity index (χ1v) is 15.5. The Balaban J connectivity index is 1.40. The van der Waals surface area contributed by atoms with Crippen LogP contribution in [0, 0.1) is 6.92 Å². The maximum atomic E-state index is 13.3. The van der Waals surface area contributed by atoms with Crippen molar-refractivity contribution in [2.45, 2.75) is 42.6 Å². The van der Waals surface area contributed by atoms with Gasteiger partial charge in [0.25, 0.3) is 0 Å². The molecule has 4 rings (SSSR count). The Bertz CT molecular complexity index is 1460. The molecule has 0 aliphatic carbocycles. The zero-order valence-corrected chi connectivity index (χ0v) is 23.5. The second-order valence-corrected chi connectivity index (χ2v) is 13.4. The Kier molecular flexibility index (Phi) is 8.25. The van der Waals surface area contributed by atoms with Crippen LogP contribution >= 0.6 is 0 Å². The molecule has 200 valence electrons. The van der Waals surface area contributed by atoms with E-state index >= 15 is 0 Å². The lowest BCUT2D eigenvalue weighted by Crippen LogP contribution is -2.54. The molecular formula is C27H36N4O4S2. The highest BCUT2D eigenvalue weighted by Gasteiger charge is 2.34.